The topological polar surface area (TPSA) is 51.0 Å². The van der Waals surface area contributed by atoms with Gasteiger partial charge in [-0.3, -0.25) is 0 Å². The molecule has 1 heterocycles. The van der Waals surface area contributed by atoms with Gasteiger partial charge in [-0.05, 0) is 38.0 Å². The highest BCUT2D eigenvalue weighted by atomic mass is 16.5. The van der Waals surface area contributed by atoms with Crippen molar-refractivity contribution in [3.05, 3.63) is 11.7 Å². The molecule has 3 atom stereocenters. The monoisotopic (exact) mass is 193 g/mol. The smallest absolute Gasteiger partial charge is 0.240 e. The lowest BCUT2D eigenvalue weighted by molar-refractivity contribution is 0.348. The van der Waals surface area contributed by atoms with E-state index < -0.39 is 0 Å². The van der Waals surface area contributed by atoms with Crippen LogP contribution in [0.2, 0.25) is 0 Å². The van der Waals surface area contributed by atoms with Crippen LogP contribution >= 0.6 is 0 Å². The fourth-order valence-electron chi connectivity index (χ4n) is 2.59. The maximum Gasteiger partial charge on any atom is 0.240 e. The van der Waals surface area contributed by atoms with Gasteiger partial charge < -0.3 is 9.84 Å². The van der Waals surface area contributed by atoms with E-state index in [1.54, 1.807) is 0 Å². The van der Waals surface area contributed by atoms with Crippen LogP contribution in [0.5, 0.6) is 0 Å². The van der Waals surface area contributed by atoms with Gasteiger partial charge >= 0.3 is 0 Å². The van der Waals surface area contributed by atoms with Gasteiger partial charge in [0.05, 0.1) is 6.54 Å². The highest BCUT2D eigenvalue weighted by molar-refractivity contribution is 5.01. The zero-order valence-electron chi connectivity index (χ0n) is 8.36. The lowest BCUT2D eigenvalue weighted by atomic mass is 10.2. The van der Waals surface area contributed by atoms with Crippen molar-refractivity contribution >= 4 is 0 Å². The Balaban J connectivity index is 1.54. The van der Waals surface area contributed by atoms with Crippen molar-refractivity contribution < 1.29 is 4.52 Å². The Hall–Kier alpha value is -0.900. The van der Waals surface area contributed by atoms with Crippen LogP contribution in [0, 0.1) is 18.8 Å². The Morgan fingerprint density at radius 2 is 2.43 bits per heavy atom. The second-order valence-electron chi connectivity index (χ2n) is 4.46. The summed E-state index contributed by atoms with van der Waals surface area (Å²) in [6, 6.07) is 0.701. The molecule has 3 rings (SSSR count). The number of nitrogens with one attached hydrogen (secondary N) is 1. The van der Waals surface area contributed by atoms with Crippen LogP contribution in [0.25, 0.3) is 0 Å². The van der Waals surface area contributed by atoms with Gasteiger partial charge in [0.25, 0.3) is 0 Å². The molecule has 1 aromatic heterocycles. The Morgan fingerprint density at radius 3 is 3.00 bits per heavy atom. The molecule has 1 aromatic rings. The largest absolute Gasteiger partial charge is 0.338 e. The minimum atomic E-state index is 0.701. The maximum atomic E-state index is 5.05. The third-order valence-corrected chi connectivity index (χ3v) is 3.43. The van der Waals surface area contributed by atoms with E-state index in [-0.39, 0.29) is 0 Å². The number of hydrogen-bond donors (Lipinski definition) is 1. The van der Waals surface area contributed by atoms with Crippen LogP contribution in [-0.2, 0) is 6.54 Å². The highest BCUT2D eigenvalue weighted by Crippen LogP contribution is 2.51. The van der Waals surface area contributed by atoms with E-state index in [0.29, 0.717) is 11.9 Å². The maximum absolute atomic E-state index is 5.05. The van der Waals surface area contributed by atoms with Gasteiger partial charge in [-0.15, -0.1) is 0 Å². The Kier molecular flexibility index (Phi) is 1.83. The van der Waals surface area contributed by atoms with Crippen LogP contribution in [-0.4, -0.2) is 16.2 Å². The van der Waals surface area contributed by atoms with E-state index in [0.717, 1.165) is 24.2 Å². The molecule has 4 heteroatoms. The molecule has 1 unspecified atom stereocenters. The van der Waals surface area contributed by atoms with Gasteiger partial charge in [0.1, 0.15) is 0 Å². The lowest BCUT2D eigenvalue weighted by Gasteiger charge is -2.11. The van der Waals surface area contributed by atoms with Gasteiger partial charge in [-0.25, -0.2) is 0 Å². The van der Waals surface area contributed by atoms with Gasteiger partial charge in [0, 0.05) is 6.04 Å². The first-order chi connectivity index (χ1) is 6.83. The van der Waals surface area contributed by atoms with Crippen molar-refractivity contribution in [3.63, 3.8) is 0 Å². The van der Waals surface area contributed by atoms with Gasteiger partial charge in [0.2, 0.25) is 5.89 Å². The molecule has 0 bridgehead atoms. The van der Waals surface area contributed by atoms with E-state index in [4.69, 9.17) is 4.52 Å². The molecule has 1 N–H and O–H groups in total. The number of aryl methyl sites for hydroxylation is 1. The normalized spacial score (nSPS) is 34.5. The minimum Gasteiger partial charge on any atom is -0.338 e. The fraction of sp³-hybridized carbons (Fsp3) is 0.800. The average Bonchev–Trinajstić information content (AvgIpc) is 2.66. The predicted molar refractivity (Wildman–Crippen MR) is 50.5 cm³/mol. The van der Waals surface area contributed by atoms with Crippen LogP contribution < -0.4 is 5.32 Å². The molecular formula is C10H15N3O. The predicted octanol–water partition coefficient (Wildman–Crippen LogP) is 1.27. The molecule has 4 nitrogen and oxygen atoms in total. The SMILES string of the molecule is Cc1noc(CNC2CC[C@@H]3C[C@H]23)n1. The first kappa shape index (κ1) is 8.41. The van der Waals surface area contributed by atoms with Crippen molar-refractivity contribution in [1.29, 1.82) is 0 Å². The molecule has 76 valence electrons. The molecule has 0 radical (unpaired) electrons. The first-order valence-corrected chi connectivity index (χ1v) is 5.35. The standard InChI is InChI=1S/C10H15N3O/c1-6-12-10(14-13-6)5-11-9-3-2-7-4-8(7)9/h7-9,11H,2-5H2,1H3/t7-,8+,9?/m1/s1. The summed E-state index contributed by atoms with van der Waals surface area (Å²) in [5.41, 5.74) is 0. The summed E-state index contributed by atoms with van der Waals surface area (Å²) in [7, 11) is 0. The molecule has 2 saturated carbocycles. The average molecular weight is 193 g/mol. The van der Waals surface area contributed by atoms with Crippen LogP contribution in [0.1, 0.15) is 31.0 Å². The molecule has 0 saturated heterocycles. The number of hydrogen-bond acceptors (Lipinski definition) is 4. The summed E-state index contributed by atoms with van der Waals surface area (Å²) in [6.07, 6.45) is 4.16. The second kappa shape index (κ2) is 3.05. The minimum absolute atomic E-state index is 0.701. The molecular weight excluding hydrogens is 178 g/mol. The van der Waals surface area contributed by atoms with Crippen LogP contribution in [0.15, 0.2) is 4.52 Å². The van der Waals surface area contributed by atoms with E-state index in [9.17, 15) is 0 Å². The van der Waals surface area contributed by atoms with Crippen LogP contribution in [0.3, 0.4) is 0 Å². The first-order valence-electron chi connectivity index (χ1n) is 5.35. The lowest BCUT2D eigenvalue weighted by Crippen LogP contribution is -2.28. The van der Waals surface area contributed by atoms with Crippen molar-refractivity contribution in [2.24, 2.45) is 11.8 Å². The van der Waals surface area contributed by atoms with Gasteiger partial charge in [-0.1, -0.05) is 5.16 Å². The summed E-state index contributed by atoms with van der Waals surface area (Å²) in [5, 5.41) is 7.27. The van der Waals surface area contributed by atoms with E-state index in [2.05, 4.69) is 15.5 Å². The third kappa shape index (κ3) is 1.43. The number of aromatic nitrogens is 2. The summed E-state index contributed by atoms with van der Waals surface area (Å²) in [6.45, 7) is 2.58. The summed E-state index contributed by atoms with van der Waals surface area (Å²) >= 11 is 0. The molecule has 0 amide bonds. The highest BCUT2D eigenvalue weighted by Gasteiger charge is 2.47. The van der Waals surface area contributed by atoms with Gasteiger partial charge in [-0.2, -0.15) is 4.98 Å². The zero-order chi connectivity index (χ0) is 9.54. The van der Waals surface area contributed by atoms with E-state index in [1.165, 1.54) is 19.3 Å². The Morgan fingerprint density at radius 1 is 1.50 bits per heavy atom. The fourth-order valence-corrected chi connectivity index (χ4v) is 2.59. The summed E-state index contributed by atoms with van der Waals surface area (Å²) in [4.78, 5) is 4.17. The van der Waals surface area contributed by atoms with Gasteiger partial charge in [0.15, 0.2) is 5.82 Å². The van der Waals surface area contributed by atoms with Crippen molar-refractivity contribution in [3.8, 4) is 0 Å². The Bertz CT molecular complexity index is 336. The molecule has 0 aliphatic heterocycles. The van der Waals surface area contributed by atoms with Crippen molar-refractivity contribution in [1.82, 2.24) is 15.5 Å². The van der Waals surface area contributed by atoms with Crippen LogP contribution in [0.4, 0.5) is 0 Å². The zero-order valence-corrected chi connectivity index (χ0v) is 8.36. The molecule has 2 aliphatic carbocycles. The number of rotatable bonds is 3. The van der Waals surface area contributed by atoms with Crippen molar-refractivity contribution in [2.75, 3.05) is 0 Å². The molecule has 14 heavy (non-hydrogen) atoms. The number of fused-ring (bicyclic) bond motifs is 1. The Labute approximate surface area is 83.1 Å². The van der Waals surface area contributed by atoms with E-state index in [1.807, 2.05) is 6.92 Å². The summed E-state index contributed by atoms with van der Waals surface area (Å²) in [5.74, 6) is 3.40. The third-order valence-electron chi connectivity index (χ3n) is 3.43. The van der Waals surface area contributed by atoms with Crippen molar-refractivity contribution in [2.45, 2.75) is 38.8 Å². The summed E-state index contributed by atoms with van der Waals surface area (Å²) < 4.78 is 5.05. The second-order valence-corrected chi connectivity index (χ2v) is 4.46. The molecule has 2 aliphatic rings. The molecule has 0 aromatic carbocycles. The molecule has 0 spiro atoms. The number of nitrogens with zero attached hydrogens (tertiary/aromatic N) is 2. The quantitative estimate of drug-likeness (QED) is 0.785. The molecule has 2 fully saturated rings. The van der Waals surface area contributed by atoms with E-state index >= 15 is 0 Å².